The molecule has 1 amide bonds. The summed E-state index contributed by atoms with van der Waals surface area (Å²) >= 11 is 0. The summed E-state index contributed by atoms with van der Waals surface area (Å²) in [5, 5.41) is 11.4. The number of carboxylic acid groups (broad SMARTS) is 1. The molecule has 0 aromatic heterocycles. The predicted octanol–water partition coefficient (Wildman–Crippen LogP) is 2.20. The number of ether oxygens (including phenoxy) is 2. The quantitative estimate of drug-likeness (QED) is 0.682. The predicted molar refractivity (Wildman–Crippen MR) is 93.0 cm³/mol. The van der Waals surface area contributed by atoms with Crippen molar-refractivity contribution in [3.8, 4) is 11.5 Å². The van der Waals surface area contributed by atoms with E-state index in [1.165, 1.54) is 0 Å². The largest absolute Gasteiger partial charge is 0.492 e. The Morgan fingerprint density at radius 2 is 1.80 bits per heavy atom. The van der Waals surface area contributed by atoms with Crippen LogP contribution in [0.1, 0.15) is 11.1 Å². The second kappa shape index (κ2) is 9.32. The first kappa shape index (κ1) is 18.3. The van der Waals surface area contributed by atoms with Crippen LogP contribution in [0.15, 0.2) is 48.5 Å². The van der Waals surface area contributed by atoms with Crippen molar-refractivity contribution in [2.24, 2.45) is 0 Å². The molecular formula is C19H21NO5. The van der Waals surface area contributed by atoms with Crippen molar-refractivity contribution >= 4 is 11.9 Å². The summed E-state index contributed by atoms with van der Waals surface area (Å²) in [7, 11) is 0. The van der Waals surface area contributed by atoms with Crippen molar-refractivity contribution < 1.29 is 24.2 Å². The Labute approximate surface area is 146 Å². The van der Waals surface area contributed by atoms with Crippen LogP contribution in [-0.4, -0.2) is 36.7 Å². The topological polar surface area (TPSA) is 84.9 Å². The standard InChI is InChI=1S/C19H21NO5/c1-14-3-2-4-17(11-14)24-10-9-20-18(21)13-25-16-7-5-15(6-8-16)12-19(22)23/h2-8,11H,9-10,12-13H2,1H3,(H,20,21)(H,22,23). The molecule has 0 bridgehead atoms. The van der Waals surface area contributed by atoms with E-state index in [1.807, 2.05) is 31.2 Å². The first-order chi connectivity index (χ1) is 12.0. The number of amides is 1. The van der Waals surface area contributed by atoms with E-state index in [2.05, 4.69) is 5.32 Å². The Bertz CT molecular complexity index is 712. The van der Waals surface area contributed by atoms with E-state index >= 15 is 0 Å². The maximum atomic E-state index is 11.7. The lowest BCUT2D eigenvalue weighted by atomic mass is 10.1. The van der Waals surface area contributed by atoms with E-state index in [9.17, 15) is 9.59 Å². The molecular weight excluding hydrogens is 322 g/mol. The van der Waals surface area contributed by atoms with Crippen LogP contribution in [0.4, 0.5) is 0 Å². The van der Waals surface area contributed by atoms with E-state index in [0.717, 1.165) is 11.3 Å². The van der Waals surface area contributed by atoms with Gasteiger partial charge in [-0.25, -0.2) is 0 Å². The zero-order valence-corrected chi connectivity index (χ0v) is 14.0. The molecule has 0 aliphatic carbocycles. The Kier molecular flexibility index (Phi) is 6.83. The summed E-state index contributed by atoms with van der Waals surface area (Å²) in [6.07, 6.45) is -0.0400. The third kappa shape index (κ3) is 6.95. The second-order valence-corrected chi connectivity index (χ2v) is 5.52. The minimum atomic E-state index is -0.888. The summed E-state index contributed by atoms with van der Waals surface area (Å²) < 4.78 is 10.9. The fourth-order valence-electron chi connectivity index (χ4n) is 2.14. The van der Waals surface area contributed by atoms with Crippen LogP contribution < -0.4 is 14.8 Å². The van der Waals surface area contributed by atoms with Gasteiger partial charge in [-0.15, -0.1) is 0 Å². The smallest absolute Gasteiger partial charge is 0.307 e. The highest BCUT2D eigenvalue weighted by atomic mass is 16.5. The van der Waals surface area contributed by atoms with Crippen LogP contribution in [0.3, 0.4) is 0 Å². The average molecular weight is 343 g/mol. The summed E-state index contributed by atoms with van der Waals surface area (Å²) in [4.78, 5) is 22.3. The SMILES string of the molecule is Cc1cccc(OCCNC(=O)COc2ccc(CC(=O)O)cc2)c1. The number of benzene rings is 2. The van der Waals surface area contributed by atoms with Crippen molar-refractivity contribution in [2.75, 3.05) is 19.8 Å². The third-order valence-electron chi connectivity index (χ3n) is 3.33. The van der Waals surface area contributed by atoms with E-state index in [1.54, 1.807) is 24.3 Å². The van der Waals surface area contributed by atoms with Crippen LogP contribution >= 0.6 is 0 Å². The Morgan fingerprint density at radius 1 is 1.04 bits per heavy atom. The van der Waals surface area contributed by atoms with Gasteiger partial charge in [-0.3, -0.25) is 9.59 Å². The van der Waals surface area contributed by atoms with E-state index in [0.29, 0.717) is 24.5 Å². The molecule has 0 aliphatic heterocycles. The number of aryl methyl sites for hydroxylation is 1. The lowest BCUT2D eigenvalue weighted by molar-refractivity contribution is -0.136. The maximum absolute atomic E-state index is 11.7. The zero-order valence-electron chi connectivity index (χ0n) is 14.0. The molecule has 0 aliphatic rings. The molecule has 6 heteroatoms. The summed E-state index contributed by atoms with van der Waals surface area (Å²) in [5.74, 6) is 0.149. The molecule has 0 atom stereocenters. The highest BCUT2D eigenvalue weighted by Crippen LogP contribution is 2.13. The van der Waals surface area contributed by atoms with Crippen molar-refractivity contribution in [1.82, 2.24) is 5.32 Å². The Morgan fingerprint density at radius 3 is 2.48 bits per heavy atom. The van der Waals surface area contributed by atoms with Crippen LogP contribution in [-0.2, 0) is 16.0 Å². The number of carbonyl (C=O) groups is 2. The molecule has 6 nitrogen and oxygen atoms in total. The Hall–Kier alpha value is -3.02. The molecule has 0 heterocycles. The highest BCUT2D eigenvalue weighted by Gasteiger charge is 2.04. The summed E-state index contributed by atoms with van der Waals surface area (Å²) in [6, 6.07) is 14.3. The van der Waals surface area contributed by atoms with Crippen molar-refractivity contribution in [1.29, 1.82) is 0 Å². The highest BCUT2D eigenvalue weighted by molar-refractivity contribution is 5.77. The summed E-state index contributed by atoms with van der Waals surface area (Å²) in [6.45, 7) is 2.63. The molecule has 2 rings (SSSR count). The van der Waals surface area contributed by atoms with Gasteiger partial charge in [0.25, 0.3) is 5.91 Å². The molecule has 2 aromatic rings. The number of rotatable bonds is 9. The van der Waals surface area contributed by atoms with Gasteiger partial charge in [0, 0.05) is 0 Å². The van der Waals surface area contributed by atoms with Crippen LogP contribution in [0, 0.1) is 6.92 Å². The van der Waals surface area contributed by atoms with Crippen LogP contribution in [0.2, 0.25) is 0 Å². The molecule has 0 fully saturated rings. The van der Waals surface area contributed by atoms with Crippen molar-refractivity contribution in [3.05, 3.63) is 59.7 Å². The van der Waals surface area contributed by atoms with Gasteiger partial charge in [0.15, 0.2) is 6.61 Å². The van der Waals surface area contributed by atoms with Crippen molar-refractivity contribution in [3.63, 3.8) is 0 Å². The van der Waals surface area contributed by atoms with Gasteiger partial charge in [-0.05, 0) is 42.3 Å². The first-order valence-electron chi connectivity index (χ1n) is 7.92. The van der Waals surface area contributed by atoms with Crippen LogP contribution in [0.5, 0.6) is 11.5 Å². The van der Waals surface area contributed by atoms with Crippen molar-refractivity contribution in [2.45, 2.75) is 13.3 Å². The number of carbonyl (C=O) groups excluding carboxylic acids is 1. The molecule has 0 saturated carbocycles. The van der Waals surface area contributed by atoms with E-state index < -0.39 is 5.97 Å². The van der Waals surface area contributed by atoms with Gasteiger partial charge in [-0.2, -0.15) is 0 Å². The number of hydrogen-bond donors (Lipinski definition) is 2. The molecule has 2 N–H and O–H groups in total. The zero-order chi connectivity index (χ0) is 18.1. The molecule has 0 spiro atoms. The van der Waals surface area contributed by atoms with Gasteiger partial charge in [-0.1, -0.05) is 24.3 Å². The minimum absolute atomic E-state index is 0.0400. The van der Waals surface area contributed by atoms with Crippen LogP contribution in [0.25, 0.3) is 0 Å². The molecule has 132 valence electrons. The normalized spacial score (nSPS) is 10.1. The Balaban J connectivity index is 1.64. The number of aliphatic carboxylic acids is 1. The van der Waals surface area contributed by atoms with Gasteiger partial charge >= 0.3 is 5.97 Å². The van der Waals surface area contributed by atoms with Gasteiger partial charge < -0.3 is 19.9 Å². The van der Waals surface area contributed by atoms with Gasteiger partial charge in [0.1, 0.15) is 18.1 Å². The number of hydrogen-bond acceptors (Lipinski definition) is 4. The monoisotopic (exact) mass is 343 g/mol. The second-order valence-electron chi connectivity index (χ2n) is 5.52. The molecule has 0 radical (unpaired) electrons. The number of carboxylic acids is 1. The van der Waals surface area contributed by atoms with Gasteiger partial charge in [0.2, 0.25) is 0 Å². The molecule has 0 saturated heterocycles. The average Bonchev–Trinajstić information content (AvgIpc) is 2.58. The maximum Gasteiger partial charge on any atom is 0.307 e. The number of nitrogens with one attached hydrogen (secondary N) is 1. The molecule has 25 heavy (non-hydrogen) atoms. The lowest BCUT2D eigenvalue weighted by Crippen LogP contribution is -2.32. The molecule has 2 aromatic carbocycles. The first-order valence-corrected chi connectivity index (χ1v) is 7.92. The van der Waals surface area contributed by atoms with E-state index in [4.69, 9.17) is 14.6 Å². The minimum Gasteiger partial charge on any atom is -0.492 e. The fraction of sp³-hybridized carbons (Fsp3) is 0.263. The van der Waals surface area contributed by atoms with Gasteiger partial charge in [0.05, 0.1) is 13.0 Å². The molecule has 0 unspecified atom stereocenters. The lowest BCUT2D eigenvalue weighted by Gasteiger charge is -2.09. The fourth-order valence-corrected chi connectivity index (χ4v) is 2.14. The third-order valence-corrected chi connectivity index (χ3v) is 3.33. The van der Waals surface area contributed by atoms with E-state index in [-0.39, 0.29) is 18.9 Å². The summed E-state index contributed by atoms with van der Waals surface area (Å²) in [5.41, 5.74) is 1.79.